The summed E-state index contributed by atoms with van der Waals surface area (Å²) in [7, 11) is 0. The second kappa shape index (κ2) is 4.70. The first-order valence-corrected chi connectivity index (χ1v) is 6.08. The Morgan fingerprint density at radius 3 is 2.83 bits per heavy atom. The lowest BCUT2D eigenvalue weighted by atomic mass is 10.2. The van der Waals surface area contributed by atoms with Gasteiger partial charge in [0, 0.05) is 12.6 Å². The molecule has 6 nitrogen and oxygen atoms in total. The molecule has 0 bridgehead atoms. The van der Waals surface area contributed by atoms with Crippen LogP contribution in [0.4, 0.5) is 8.78 Å². The molecule has 2 atom stereocenters. The minimum Gasteiger partial charge on any atom is -0.394 e. The van der Waals surface area contributed by atoms with Gasteiger partial charge in [-0.1, -0.05) is 0 Å². The lowest BCUT2D eigenvalue weighted by Crippen LogP contribution is -2.38. The maximum Gasteiger partial charge on any atom is 0.330 e. The Morgan fingerprint density at radius 1 is 1.61 bits per heavy atom. The molecular weight excluding hydrogens is 365 g/mol. The van der Waals surface area contributed by atoms with E-state index in [0.29, 0.717) is 4.57 Å². The average Bonchev–Trinajstić information content (AvgIpc) is 2.59. The Bertz CT molecular complexity index is 570. The molecule has 0 radical (unpaired) electrons. The third-order valence-corrected chi connectivity index (χ3v) is 3.33. The molecule has 0 aromatic carbocycles. The van der Waals surface area contributed by atoms with Crippen LogP contribution in [0.5, 0.6) is 0 Å². The summed E-state index contributed by atoms with van der Waals surface area (Å²) in [5.41, 5.74) is -1.61. The minimum atomic E-state index is -3.28. The predicted molar refractivity (Wildman–Crippen MR) is 64.6 cm³/mol. The van der Waals surface area contributed by atoms with Crippen molar-refractivity contribution < 1.29 is 18.6 Å². The Hall–Kier alpha value is -0.810. The number of aromatic amines is 1. The van der Waals surface area contributed by atoms with E-state index in [1.54, 1.807) is 22.6 Å². The van der Waals surface area contributed by atoms with E-state index in [1.165, 1.54) is 0 Å². The standard InChI is InChI=1S/C9H9F2IN2O4/c10-9(11)1-4(3-15)18-7(9)14-2-5(12)6(16)13-8(14)17/h2,4,7,15H,1,3H2,(H,13,16,17). The summed E-state index contributed by atoms with van der Waals surface area (Å²) in [5, 5.41) is 8.83. The highest BCUT2D eigenvalue weighted by atomic mass is 127. The second-order valence-electron chi connectivity index (χ2n) is 3.90. The maximum atomic E-state index is 13.7. The van der Waals surface area contributed by atoms with Crippen LogP contribution < -0.4 is 11.2 Å². The zero-order chi connectivity index (χ0) is 13.5. The number of alkyl halides is 2. The lowest BCUT2D eigenvalue weighted by Gasteiger charge is -2.19. The van der Waals surface area contributed by atoms with Crippen LogP contribution in [0.1, 0.15) is 12.6 Å². The second-order valence-corrected chi connectivity index (χ2v) is 5.06. The molecule has 1 aromatic rings. The van der Waals surface area contributed by atoms with Gasteiger partial charge < -0.3 is 9.84 Å². The number of aliphatic hydroxyl groups excluding tert-OH is 1. The van der Waals surface area contributed by atoms with Crippen molar-refractivity contribution in [3.63, 3.8) is 0 Å². The number of H-pyrrole nitrogens is 1. The van der Waals surface area contributed by atoms with Crippen LogP contribution >= 0.6 is 22.6 Å². The van der Waals surface area contributed by atoms with Crippen molar-refractivity contribution in [2.45, 2.75) is 24.7 Å². The summed E-state index contributed by atoms with van der Waals surface area (Å²) in [6.07, 6.45) is -2.50. The molecule has 1 aliphatic heterocycles. The summed E-state index contributed by atoms with van der Waals surface area (Å²) in [6, 6.07) is 0. The average molecular weight is 374 g/mol. The monoisotopic (exact) mass is 374 g/mol. The van der Waals surface area contributed by atoms with Crippen molar-refractivity contribution >= 4 is 22.6 Å². The Labute approximate surface area is 113 Å². The molecule has 2 heterocycles. The van der Waals surface area contributed by atoms with Gasteiger partial charge in [0.25, 0.3) is 11.5 Å². The number of nitrogens with zero attached hydrogens (tertiary/aromatic N) is 1. The Kier molecular flexibility index (Phi) is 3.56. The predicted octanol–water partition coefficient (Wildman–Crippen LogP) is 0.0563. The normalized spacial score (nSPS) is 26.4. The topological polar surface area (TPSA) is 84.3 Å². The number of rotatable bonds is 2. The summed E-state index contributed by atoms with van der Waals surface area (Å²) < 4.78 is 33.0. The molecule has 1 fully saturated rings. The summed E-state index contributed by atoms with van der Waals surface area (Å²) >= 11 is 1.63. The van der Waals surface area contributed by atoms with E-state index < -0.39 is 42.5 Å². The van der Waals surface area contributed by atoms with Crippen LogP contribution in [0.2, 0.25) is 0 Å². The van der Waals surface area contributed by atoms with Gasteiger partial charge in [-0.05, 0) is 22.6 Å². The summed E-state index contributed by atoms with van der Waals surface area (Å²) in [5.74, 6) is -3.28. The number of nitrogens with one attached hydrogen (secondary N) is 1. The van der Waals surface area contributed by atoms with Crippen LogP contribution in [0.3, 0.4) is 0 Å². The third-order valence-electron chi connectivity index (χ3n) is 2.56. The van der Waals surface area contributed by atoms with Gasteiger partial charge in [0.1, 0.15) is 0 Å². The van der Waals surface area contributed by atoms with Crippen molar-refractivity contribution in [3.8, 4) is 0 Å². The number of aliphatic hydroxyl groups is 1. The van der Waals surface area contributed by atoms with E-state index in [4.69, 9.17) is 9.84 Å². The Morgan fingerprint density at radius 2 is 2.28 bits per heavy atom. The first-order chi connectivity index (χ1) is 8.35. The van der Waals surface area contributed by atoms with Crippen LogP contribution in [-0.2, 0) is 4.74 Å². The third kappa shape index (κ3) is 2.34. The van der Waals surface area contributed by atoms with Gasteiger partial charge in [0.15, 0.2) is 0 Å². The molecule has 0 spiro atoms. The molecule has 0 aliphatic carbocycles. The van der Waals surface area contributed by atoms with Gasteiger partial charge in [0.2, 0.25) is 6.23 Å². The zero-order valence-electron chi connectivity index (χ0n) is 8.90. The van der Waals surface area contributed by atoms with Crippen molar-refractivity contribution in [1.82, 2.24) is 9.55 Å². The highest BCUT2D eigenvalue weighted by Crippen LogP contribution is 2.41. The molecule has 0 saturated carbocycles. The first-order valence-electron chi connectivity index (χ1n) is 5.00. The fourth-order valence-electron chi connectivity index (χ4n) is 1.75. The van der Waals surface area contributed by atoms with Gasteiger partial charge >= 0.3 is 5.69 Å². The minimum absolute atomic E-state index is 0.0963. The Balaban J connectivity index is 2.46. The summed E-state index contributed by atoms with van der Waals surface area (Å²) in [6.45, 7) is -0.554. The van der Waals surface area contributed by atoms with Gasteiger partial charge in [-0.3, -0.25) is 14.3 Å². The fourth-order valence-corrected chi connectivity index (χ4v) is 2.18. The number of hydrogen-bond acceptors (Lipinski definition) is 4. The first kappa shape index (κ1) is 13.6. The van der Waals surface area contributed by atoms with Gasteiger partial charge in [-0.2, -0.15) is 0 Å². The summed E-state index contributed by atoms with van der Waals surface area (Å²) in [4.78, 5) is 24.6. The van der Waals surface area contributed by atoms with Crippen molar-refractivity contribution in [1.29, 1.82) is 0 Å². The van der Waals surface area contributed by atoms with Crippen LogP contribution in [0, 0.1) is 3.57 Å². The number of hydrogen-bond donors (Lipinski definition) is 2. The molecule has 1 aliphatic rings. The van der Waals surface area contributed by atoms with Crippen LogP contribution in [0.15, 0.2) is 15.8 Å². The molecule has 2 N–H and O–H groups in total. The molecule has 100 valence electrons. The van der Waals surface area contributed by atoms with Gasteiger partial charge in [-0.25, -0.2) is 13.6 Å². The highest BCUT2D eigenvalue weighted by Gasteiger charge is 2.51. The number of aromatic nitrogens is 2. The van der Waals surface area contributed by atoms with E-state index in [9.17, 15) is 18.4 Å². The SMILES string of the molecule is O=c1[nH]c(=O)n(C2OC(CO)CC2(F)F)cc1I. The van der Waals surface area contributed by atoms with E-state index >= 15 is 0 Å². The van der Waals surface area contributed by atoms with Gasteiger partial charge in [-0.15, -0.1) is 0 Å². The fraction of sp³-hybridized carbons (Fsp3) is 0.556. The molecule has 0 amide bonds. The molecule has 2 rings (SSSR count). The molecule has 18 heavy (non-hydrogen) atoms. The van der Waals surface area contributed by atoms with Crippen LogP contribution in [-0.4, -0.2) is 33.3 Å². The highest BCUT2D eigenvalue weighted by molar-refractivity contribution is 14.1. The van der Waals surface area contributed by atoms with Crippen molar-refractivity contribution in [2.75, 3.05) is 6.61 Å². The quantitative estimate of drug-likeness (QED) is 0.718. The van der Waals surface area contributed by atoms with Crippen molar-refractivity contribution in [3.05, 3.63) is 30.6 Å². The maximum absolute atomic E-state index is 13.7. The zero-order valence-corrected chi connectivity index (χ0v) is 11.1. The largest absolute Gasteiger partial charge is 0.394 e. The molecular formula is C9H9F2IN2O4. The van der Waals surface area contributed by atoms with E-state index in [0.717, 1.165) is 6.20 Å². The van der Waals surface area contributed by atoms with Crippen LogP contribution in [0.25, 0.3) is 0 Å². The molecule has 1 aromatic heterocycles. The molecule has 1 saturated heterocycles. The van der Waals surface area contributed by atoms with E-state index in [2.05, 4.69) is 0 Å². The molecule has 9 heteroatoms. The molecule has 2 unspecified atom stereocenters. The van der Waals surface area contributed by atoms with Gasteiger partial charge in [0.05, 0.1) is 16.3 Å². The number of ether oxygens (including phenoxy) is 1. The van der Waals surface area contributed by atoms with E-state index in [-0.39, 0.29) is 3.57 Å². The lowest BCUT2D eigenvalue weighted by molar-refractivity contribution is -0.120. The van der Waals surface area contributed by atoms with E-state index in [1.807, 2.05) is 4.98 Å². The van der Waals surface area contributed by atoms with Crippen molar-refractivity contribution in [2.24, 2.45) is 0 Å². The smallest absolute Gasteiger partial charge is 0.330 e. The number of halogens is 3.